The summed E-state index contributed by atoms with van der Waals surface area (Å²) in [6.45, 7) is 0. The Kier molecular flexibility index (Phi) is 2.56. The number of hydrogen-bond donors (Lipinski definition) is 1. The molecule has 5 heteroatoms. The molecule has 2 N–H and O–H groups in total. The maximum absolute atomic E-state index is 5.79. The van der Waals surface area contributed by atoms with Crippen LogP contribution < -0.4 is 5.73 Å². The summed E-state index contributed by atoms with van der Waals surface area (Å²) < 4.78 is 2.90. The summed E-state index contributed by atoms with van der Waals surface area (Å²) >= 11 is 3.43. The number of hydrogen-bond acceptors (Lipinski definition) is 3. The van der Waals surface area contributed by atoms with Crippen LogP contribution in [0.5, 0.6) is 0 Å². The fourth-order valence-electron chi connectivity index (χ4n) is 1.95. The van der Waals surface area contributed by atoms with E-state index in [1.54, 1.807) is 6.20 Å². The van der Waals surface area contributed by atoms with Gasteiger partial charge in [0.2, 0.25) is 0 Å². The molecule has 0 radical (unpaired) electrons. The first-order valence-corrected chi connectivity index (χ1v) is 6.29. The van der Waals surface area contributed by atoms with Gasteiger partial charge in [-0.1, -0.05) is 0 Å². The van der Waals surface area contributed by atoms with Crippen LogP contribution in [0.3, 0.4) is 0 Å². The molecule has 0 spiro atoms. The van der Waals surface area contributed by atoms with Crippen LogP contribution >= 0.6 is 15.9 Å². The minimum Gasteiger partial charge on any atom is -0.398 e. The number of nitrogens with two attached hydrogens (primary N) is 1. The van der Waals surface area contributed by atoms with Crippen LogP contribution in [-0.2, 0) is 7.05 Å². The third-order valence-corrected chi connectivity index (χ3v) is 3.60. The lowest BCUT2D eigenvalue weighted by Crippen LogP contribution is -1.93. The van der Waals surface area contributed by atoms with Crippen LogP contribution in [0.2, 0.25) is 0 Å². The molecule has 0 saturated carbocycles. The van der Waals surface area contributed by atoms with Crippen LogP contribution in [0.1, 0.15) is 0 Å². The second-order valence-corrected chi connectivity index (χ2v) is 4.93. The van der Waals surface area contributed by atoms with Gasteiger partial charge in [-0.05, 0) is 46.3 Å². The third kappa shape index (κ3) is 1.67. The van der Waals surface area contributed by atoms with E-state index in [1.165, 1.54) is 0 Å². The highest BCUT2D eigenvalue weighted by atomic mass is 79.9. The Labute approximate surface area is 113 Å². The molecule has 0 aliphatic heterocycles. The van der Waals surface area contributed by atoms with Crippen molar-refractivity contribution in [3.05, 3.63) is 41.0 Å². The van der Waals surface area contributed by atoms with Gasteiger partial charge in [0.1, 0.15) is 5.82 Å². The van der Waals surface area contributed by atoms with E-state index in [-0.39, 0.29) is 0 Å². The van der Waals surface area contributed by atoms with Crippen LogP contribution in [-0.4, -0.2) is 14.5 Å². The van der Waals surface area contributed by atoms with Gasteiger partial charge in [0, 0.05) is 29.0 Å². The van der Waals surface area contributed by atoms with Gasteiger partial charge in [0.15, 0.2) is 5.65 Å². The van der Waals surface area contributed by atoms with Crippen molar-refractivity contribution in [2.24, 2.45) is 7.05 Å². The normalized spacial score (nSPS) is 11.0. The van der Waals surface area contributed by atoms with Gasteiger partial charge in [0.25, 0.3) is 0 Å². The highest BCUT2D eigenvalue weighted by Gasteiger charge is 2.10. The van der Waals surface area contributed by atoms with Gasteiger partial charge < -0.3 is 10.3 Å². The zero-order valence-corrected chi connectivity index (χ0v) is 11.3. The van der Waals surface area contributed by atoms with E-state index in [0.29, 0.717) is 0 Å². The number of anilines is 1. The molecular weight excluding hydrogens is 292 g/mol. The first-order chi connectivity index (χ1) is 8.66. The molecule has 0 saturated heterocycles. The molecule has 90 valence electrons. The summed E-state index contributed by atoms with van der Waals surface area (Å²) in [6.07, 6.45) is 1.75. The zero-order valence-electron chi connectivity index (χ0n) is 9.76. The van der Waals surface area contributed by atoms with Gasteiger partial charge in [-0.2, -0.15) is 0 Å². The maximum atomic E-state index is 5.79. The van der Waals surface area contributed by atoms with Crippen molar-refractivity contribution in [3.63, 3.8) is 0 Å². The average molecular weight is 303 g/mol. The van der Waals surface area contributed by atoms with Crippen molar-refractivity contribution in [2.45, 2.75) is 0 Å². The van der Waals surface area contributed by atoms with E-state index in [4.69, 9.17) is 5.73 Å². The largest absolute Gasteiger partial charge is 0.398 e. The standard InChI is InChI=1S/C13H11BrN4/c1-18-11-3-2-6-16-12(11)17-13(18)8-4-5-10(15)9(14)7-8/h2-7H,15H2,1H3. The number of nitrogens with zero attached hydrogens (tertiary/aromatic N) is 3. The van der Waals surface area contributed by atoms with E-state index in [9.17, 15) is 0 Å². The third-order valence-electron chi connectivity index (χ3n) is 2.92. The fraction of sp³-hybridized carbons (Fsp3) is 0.0769. The fourth-order valence-corrected chi connectivity index (χ4v) is 2.33. The van der Waals surface area contributed by atoms with Gasteiger partial charge in [-0.15, -0.1) is 0 Å². The molecule has 0 fully saturated rings. The molecule has 3 rings (SSSR count). The molecule has 2 aromatic heterocycles. The molecule has 3 aromatic rings. The van der Waals surface area contributed by atoms with Crippen LogP contribution in [0.25, 0.3) is 22.6 Å². The topological polar surface area (TPSA) is 56.7 Å². The van der Waals surface area contributed by atoms with Crippen molar-refractivity contribution in [3.8, 4) is 11.4 Å². The first kappa shape index (κ1) is 11.2. The Balaban J connectivity index is 2.25. The maximum Gasteiger partial charge on any atom is 0.178 e. The number of imidazole rings is 1. The van der Waals surface area contributed by atoms with Crippen molar-refractivity contribution in [1.29, 1.82) is 0 Å². The second kappa shape index (κ2) is 4.10. The molecule has 0 bridgehead atoms. The minimum absolute atomic E-state index is 0.718. The number of fused-ring (bicyclic) bond motifs is 1. The van der Waals surface area contributed by atoms with Crippen molar-refractivity contribution >= 4 is 32.8 Å². The van der Waals surface area contributed by atoms with Gasteiger partial charge in [-0.3, -0.25) is 0 Å². The molecule has 1 aromatic carbocycles. The Morgan fingerprint density at radius 3 is 2.83 bits per heavy atom. The van der Waals surface area contributed by atoms with Gasteiger partial charge in [0.05, 0.1) is 5.52 Å². The SMILES string of the molecule is Cn1c(-c2ccc(N)c(Br)c2)nc2ncccc21. The Hall–Kier alpha value is -1.88. The number of aryl methyl sites for hydroxylation is 1. The predicted molar refractivity (Wildman–Crippen MR) is 76.1 cm³/mol. The first-order valence-electron chi connectivity index (χ1n) is 5.49. The minimum atomic E-state index is 0.718. The Bertz CT molecular complexity index is 733. The number of rotatable bonds is 1. The van der Waals surface area contributed by atoms with Crippen LogP contribution in [0, 0.1) is 0 Å². The smallest absolute Gasteiger partial charge is 0.178 e. The lowest BCUT2D eigenvalue weighted by atomic mass is 10.2. The number of pyridine rings is 1. The molecule has 0 aliphatic carbocycles. The van der Waals surface area contributed by atoms with Crippen molar-refractivity contribution in [2.75, 3.05) is 5.73 Å². The highest BCUT2D eigenvalue weighted by Crippen LogP contribution is 2.28. The Morgan fingerprint density at radius 2 is 2.11 bits per heavy atom. The van der Waals surface area contributed by atoms with E-state index in [0.717, 1.165) is 32.7 Å². The van der Waals surface area contributed by atoms with E-state index >= 15 is 0 Å². The van der Waals surface area contributed by atoms with E-state index in [1.807, 2.05) is 41.9 Å². The number of aromatic nitrogens is 3. The van der Waals surface area contributed by atoms with Crippen molar-refractivity contribution in [1.82, 2.24) is 14.5 Å². The summed E-state index contributed by atoms with van der Waals surface area (Å²) in [5.41, 5.74) is 9.29. The summed E-state index contributed by atoms with van der Waals surface area (Å²) in [4.78, 5) is 8.80. The lowest BCUT2D eigenvalue weighted by Gasteiger charge is -2.04. The average Bonchev–Trinajstić information content (AvgIpc) is 2.71. The molecule has 0 atom stereocenters. The monoisotopic (exact) mass is 302 g/mol. The highest BCUT2D eigenvalue weighted by molar-refractivity contribution is 9.10. The lowest BCUT2D eigenvalue weighted by molar-refractivity contribution is 0.959. The summed E-state index contributed by atoms with van der Waals surface area (Å²) in [5.74, 6) is 0.879. The molecule has 2 heterocycles. The number of benzene rings is 1. The predicted octanol–water partition coefficient (Wildman–Crippen LogP) is 2.98. The number of halogens is 1. The van der Waals surface area contributed by atoms with E-state index in [2.05, 4.69) is 25.9 Å². The molecule has 18 heavy (non-hydrogen) atoms. The summed E-state index contributed by atoms with van der Waals surface area (Å²) in [7, 11) is 1.98. The van der Waals surface area contributed by atoms with Crippen LogP contribution in [0.15, 0.2) is 41.0 Å². The zero-order chi connectivity index (χ0) is 12.7. The van der Waals surface area contributed by atoms with E-state index < -0.39 is 0 Å². The Morgan fingerprint density at radius 1 is 1.28 bits per heavy atom. The molecule has 0 unspecified atom stereocenters. The van der Waals surface area contributed by atoms with Crippen molar-refractivity contribution < 1.29 is 0 Å². The van der Waals surface area contributed by atoms with Gasteiger partial charge in [-0.25, -0.2) is 9.97 Å². The molecular formula is C13H11BrN4. The second-order valence-electron chi connectivity index (χ2n) is 4.08. The summed E-state index contributed by atoms with van der Waals surface area (Å²) in [5, 5.41) is 0. The molecule has 4 nitrogen and oxygen atoms in total. The summed E-state index contributed by atoms with van der Waals surface area (Å²) in [6, 6.07) is 9.71. The van der Waals surface area contributed by atoms with Gasteiger partial charge >= 0.3 is 0 Å². The quantitative estimate of drug-likeness (QED) is 0.703. The van der Waals surface area contributed by atoms with Crippen LogP contribution in [0.4, 0.5) is 5.69 Å². The molecule has 0 aliphatic rings. The number of nitrogen functional groups attached to an aromatic ring is 1. The molecule has 0 amide bonds.